The SMILES string of the molecule is CN1CCC2CCC(=C(F)F)CC21.COc1ccccc1OC. The van der Waals surface area contributed by atoms with Gasteiger partial charge in [0.1, 0.15) is 0 Å². The molecule has 1 aromatic carbocycles. The molecule has 2 fully saturated rings. The lowest BCUT2D eigenvalue weighted by Gasteiger charge is -2.30. The van der Waals surface area contributed by atoms with Gasteiger partial charge in [0.15, 0.2) is 11.5 Å². The molecule has 0 amide bonds. The van der Waals surface area contributed by atoms with Crippen LogP contribution in [0.4, 0.5) is 8.78 Å². The minimum atomic E-state index is -1.43. The summed E-state index contributed by atoms with van der Waals surface area (Å²) >= 11 is 0. The van der Waals surface area contributed by atoms with Crippen molar-refractivity contribution >= 4 is 0 Å². The fraction of sp³-hybridized carbons (Fsp3) is 0.556. The Morgan fingerprint density at radius 1 is 1.09 bits per heavy atom. The lowest BCUT2D eigenvalue weighted by molar-refractivity contribution is 0.234. The molecule has 0 N–H and O–H groups in total. The number of rotatable bonds is 2. The predicted molar refractivity (Wildman–Crippen MR) is 87.2 cm³/mol. The Bertz CT molecular complexity index is 521. The molecule has 2 aliphatic rings. The second-order valence-corrected chi connectivity index (χ2v) is 6.06. The number of hydrogen-bond donors (Lipinski definition) is 0. The minimum absolute atomic E-state index is 0.394. The summed E-state index contributed by atoms with van der Waals surface area (Å²) in [6, 6.07) is 7.92. The van der Waals surface area contributed by atoms with Crippen LogP contribution in [0, 0.1) is 5.92 Å². The molecule has 0 radical (unpaired) electrons. The van der Waals surface area contributed by atoms with Gasteiger partial charge < -0.3 is 14.4 Å². The minimum Gasteiger partial charge on any atom is -0.493 e. The van der Waals surface area contributed by atoms with E-state index in [0.29, 0.717) is 30.4 Å². The smallest absolute Gasteiger partial charge is 0.269 e. The molecule has 1 saturated carbocycles. The van der Waals surface area contributed by atoms with E-state index in [4.69, 9.17) is 9.47 Å². The van der Waals surface area contributed by atoms with E-state index >= 15 is 0 Å². The molecule has 2 atom stereocenters. The largest absolute Gasteiger partial charge is 0.493 e. The lowest BCUT2D eigenvalue weighted by Crippen LogP contribution is -2.32. The number of methoxy groups -OCH3 is 2. The van der Waals surface area contributed by atoms with Gasteiger partial charge in [-0.3, -0.25) is 0 Å². The molecular formula is C18H25F2NO2. The van der Waals surface area contributed by atoms with Crippen molar-refractivity contribution in [2.75, 3.05) is 27.8 Å². The van der Waals surface area contributed by atoms with Crippen molar-refractivity contribution in [2.24, 2.45) is 5.92 Å². The molecular weight excluding hydrogens is 300 g/mol. The summed E-state index contributed by atoms with van der Waals surface area (Å²) < 4.78 is 34.8. The monoisotopic (exact) mass is 325 g/mol. The Kier molecular flexibility index (Phi) is 6.39. The van der Waals surface area contributed by atoms with E-state index in [9.17, 15) is 8.78 Å². The fourth-order valence-corrected chi connectivity index (χ4v) is 3.42. The number of hydrogen-bond acceptors (Lipinski definition) is 3. The Hall–Kier alpha value is -1.62. The van der Waals surface area contributed by atoms with E-state index in [2.05, 4.69) is 4.90 Å². The van der Waals surface area contributed by atoms with Crippen molar-refractivity contribution in [1.29, 1.82) is 0 Å². The Morgan fingerprint density at radius 2 is 1.70 bits per heavy atom. The van der Waals surface area contributed by atoms with Crippen LogP contribution in [0.5, 0.6) is 11.5 Å². The standard InChI is InChI=1S/C10H15F2N.C8H10O2/c1-13-5-4-7-2-3-8(10(11)12)6-9(7)13;1-9-7-5-3-4-6-8(7)10-2/h7,9H,2-6H2,1H3;3-6H,1-2H3. The third kappa shape index (κ3) is 4.44. The lowest BCUT2D eigenvalue weighted by atomic mass is 9.82. The number of halogens is 2. The zero-order valence-corrected chi connectivity index (χ0v) is 14.0. The molecule has 3 rings (SSSR count). The van der Waals surface area contributed by atoms with Crippen molar-refractivity contribution in [3.05, 3.63) is 35.9 Å². The van der Waals surface area contributed by atoms with Crippen LogP contribution in [0.3, 0.4) is 0 Å². The van der Waals surface area contributed by atoms with Gasteiger partial charge in [-0.15, -0.1) is 0 Å². The molecule has 3 nitrogen and oxygen atoms in total. The van der Waals surface area contributed by atoms with E-state index in [1.54, 1.807) is 14.2 Å². The van der Waals surface area contributed by atoms with Crippen molar-refractivity contribution < 1.29 is 18.3 Å². The van der Waals surface area contributed by atoms with Crippen LogP contribution in [-0.2, 0) is 0 Å². The van der Waals surface area contributed by atoms with Crippen LogP contribution in [-0.4, -0.2) is 38.8 Å². The number of para-hydroxylation sites is 2. The van der Waals surface area contributed by atoms with Gasteiger partial charge in [-0.1, -0.05) is 12.1 Å². The number of fused-ring (bicyclic) bond motifs is 1. The normalized spacial score (nSPS) is 23.6. The summed E-state index contributed by atoms with van der Waals surface area (Å²) in [5.74, 6) is 2.21. The number of nitrogens with zero attached hydrogens (tertiary/aromatic N) is 1. The van der Waals surface area contributed by atoms with Gasteiger partial charge in [-0.25, -0.2) is 0 Å². The Balaban J connectivity index is 0.000000174. The summed E-state index contributed by atoms with van der Waals surface area (Å²) in [4.78, 5) is 2.23. The van der Waals surface area contributed by atoms with Gasteiger partial charge in [0.05, 0.1) is 14.2 Å². The molecule has 2 unspecified atom stereocenters. The van der Waals surface area contributed by atoms with E-state index in [1.165, 1.54) is 6.42 Å². The molecule has 1 saturated heterocycles. The quantitative estimate of drug-likeness (QED) is 0.807. The van der Waals surface area contributed by atoms with Gasteiger partial charge >= 0.3 is 0 Å². The van der Waals surface area contributed by atoms with E-state index in [-0.39, 0.29) is 0 Å². The van der Waals surface area contributed by atoms with Crippen LogP contribution in [0.2, 0.25) is 0 Å². The molecule has 0 spiro atoms. The van der Waals surface area contributed by atoms with Gasteiger partial charge in [0, 0.05) is 6.04 Å². The molecule has 0 bridgehead atoms. The summed E-state index contributed by atoms with van der Waals surface area (Å²) in [6.45, 7) is 1.08. The highest BCUT2D eigenvalue weighted by atomic mass is 19.3. The van der Waals surface area contributed by atoms with E-state index in [1.807, 2.05) is 31.3 Å². The van der Waals surface area contributed by atoms with Crippen LogP contribution < -0.4 is 9.47 Å². The maximum absolute atomic E-state index is 12.4. The first kappa shape index (κ1) is 17.7. The maximum Gasteiger partial charge on any atom is 0.269 e. The van der Waals surface area contributed by atoms with Gasteiger partial charge in [-0.05, 0) is 62.9 Å². The molecule has 1 aromatic rings. The average molecular weight is 325 g/mol. The first-order chi connectivity index (χ1) is 11.1. The van der Waals surface area contributed by atoms with Crippen LogP contribution in [0.1, 0.15) is 25.7 Å². The summed E-state index contributed by atoms with van der Waals surface area (Å²) in [6.07, 6.45) is 1.95. The molecule has 1 aliphatic heterocycles. The van der Waals surface area contributed by atoms with Crippen LogP contribution >= 0.6 is 0 Å². The topological polar surface area (TPSA) is 21.7 Å². The highest BCUT2D eigenvalue weighted by molar-refractivity contribution is 5.39. The Morgan fingerprint density at radius 3 is 2.22 bits per heavy atom. The molecule has 0 aromatic heterocycles. The zero-order valence-electron chi connectivity index (χ0n) is 14.0. The summed E-state index contributed by atoms with van der Waals surface area (Å²) in [5.41, 5.74) is 0.398. The maximum atomic E-state index is 12.4. The van der Waals surface area contributed by atoms with E-state index in [0.717, 1.165) is 24.5 Å². The van der Waals surface area contributed by atoms with Crippen molar-refractivity contribution in [3.63, 3.8) is 0 Å². The summed E-state index contributed by atoms with van der Waals surface area (Å²) in [5, 5.41) is 0. The average Bonchev–Trinajstić information content (AvgIpc) is 2.96. The van der Waals surface area contributed by atoms with E-state index < -0.39 is 6.08 Å². The second-order valence-electron chi connectivity index (χ2n) is 6.06. The third-order valence-electron chi connectivity index (χ3n) is 4.79. The Labute approximate surface area is 136 Å². The first-order valence-electron chi connectivity index (χ1n) is 7.97. The molecule has 5 heteroatoms. The van der Waals surface area contributed by atoms with Gasteiger partial charge in [0.2, 0.25) is 0 Å². The van der Waals surface area contributed by atoms with Gasteiger partial charge in [0.25, 0.3) is 6.08 Å². The third-order valence-corrected chi connectivity index (χ3v) is 4.79. The molecule has 1 heterocycles. The predicted octanol–water partition coefficient (Wildman–Crippen LogP) is 4.35. The zero-order chi connectivity index (χ0) is 16.8. The van der Waals surface area contributed by atoms with Crippen LogP contribution in [0.25, 0.3) is 0 Å². The fourth-order valence-electron chi connectivity index (χ4n) is 3.42. The first-order valence-corrected chi connectivity index (χ1v) is 7.97. The van der Waals surface area contributed by atoms with Crippen molar-refractivity contribution in [3.8, 4) is 11.5 Å². The molecule has 1 aliphatic carbocycles. The highest BCUT2D eigenvalue weighted by Crippen LogP contribution is 2.39. The highest BCUT2D eigenvalue weighted by Gasteiger charge is 2.36. The number of likely N-dealkylation sites (tertiary alicyclic amines) is 1. The molecule has 128 valence electrons. The number of ether oxygens (including phenoxy) is 2. The number of benzene rings is 1. The van der Waals surface area contributed by atoms with Crippen molar-refractivity contribution in [1.82, 2.24) is 4.90 Å². The van der Waals surface area contributed by atoms with Gasteiger partial charge in [-0.2, -0.15) is 8.78 Å². The second kappa shape index (κ2) is 8.29. The molecule has 23 heavy (non-hydrogen) atoms. The van der Waals surface area contributed by atoms with Crippen molar-refractivity contribution in [2.45, 2.75) is 31.7 Å². The van der Waals surface area contributed by atoms with Crippen LogP contribution in [0.15, 0.2) is 35.9 Å². The summed E-state index contributed by atoms with van der Waals surface area (Å²) in [7, 11) is 5.29.